The van der Waals surface area contributed by atoms with Gasteiger partial charge < -0.3 is 10.2 Å². The third kappa shape index (κ3) is 4.97. The van der Waals surface area contributed by atoms with E-state index in [1.165, 1.54) is 64.5 Å². The Bertz CT molecular complexity index is 205. The van der Waals surface area contributed by atoms with Crippen molar-refractivity contribution in [2.45, 2.75) is 70.4 Å². The first-order valence-corrected chi connectivity index (χ1v) is 7.69. The largest absolute Gasteiger partial charge is 0.314 e. The minimum Gasteiger partial charge on any atom is -0.314 e. The number of nitrogens with one attached hydrogen (secondary N) is 1. The predicted molar refractivity (Wildman–Crippen MR) is 74.3 cm³/mol. The summed E-state index contributed by atoms with van der Waals surface area (Å²) in [7, 11) is 2.33. The first-order valence-electron chi connectivity index (χ1n) is 7.69. The standard InChI is InChI=1S/C15H30N2/c1-13-5-9-15(10-6-13)17(2)12-4-3-11-16-14-7-8-14/h13-16H,3-12H2,1-2H3. The fourth-order valence-electron chi connectivity index (χ4n) is 2.95. The first-order chi connectivity index (χ1) is 8.25. The van der Waals surface area contributed by atoms with Crippen LogP contribution in [0.15, 0.2) is 0 Å². The maximum Gasteiger partial charge on any atom is 0.00924 e. The summed E-state index contributed by atoms with van der Waals surface area (Å²) in [5, 5.41) is 3.60. The van der Waals surface area contributed by atoms with Gasteiger partial charge in [0.2, 0.25) is 0 Å². The van der Waals surface area contributed by atoms with Crippen LogP contribution in [-0.4, -0.2) is 37.1 Å². The summed E-state index contributed by atoms with van der Waals surface area (Å²) >= 11 is 0. The number of rotatable bonds is 7. The summed E-state index contributed by atoms with van der Waals surface area (Å²) in [5.41, 5.74) is 0. The van der Waals surface area contributed by atoms with Crippen molar-refractivity contribution in [1.82, 2.24) is 10.2 Å². The lowest BCUT2D eigenvalue weighted by Gasteiger charge is -2.33. The van der Waals surface area contributed by atoms with Gasteiger partial charge in [0.15, 0.2) is 0 Å². The van der Waals surface area contributed by atoms with Crippen LogP contribution in [0.3, 0.4) is 0 Å². The van der Waals surface area contributed by atoms with Crippen LogP contribution in [0.1, 0.15) is 58.3 Å². The molecule has 2 fully saturated rings. The van der Waals surface area contributed by atoms with Crippen LogP contribution < -0.4 is 5.32 Å². The van der Waals surface area contributed by atoms with Crippen LogP contribution in [0.25, 0.3) is 0 Å². The molecule has 0 heterocycles. The molecule has 1 N–H and O–H groups in total. The Kier molecular flexibility index (Phi) is 5.30. The van der Waals surface area contributed by atoms with Crippen molar-refractivity contribution in [2.75, 3.05) is 20.1 Å². The Labute approximate surface area is 107 Å². The molecule has 0 atom stereocenters. The smallest absolute Gasteiger partial charge is 0.00924 e. The molecule has 0 saturated heterocycles. The Morgan fingerprint density at radius 2 is 1.71 bits per heavy atom. The lowest BCUT2D eigenvalue weighted by Crippen LogP contribution is -2.35. The van der Waals surface area contributed by atoms with E-state index in [9.17, 15) is 0 Å². The Morgan fingerprint density at radius 3 is 2.35 bits per heavy atom. The molecule has 0 aromatic carbocycles. The van der Waals surface area contributed by atoms with Gasteiger partial charge in [0.1, 0.15) is 0 Å². The van der Waals surface area contributed by atoms with Crippen molar-refractivity contribution in [2.24, 2.45) is 5.92 Å². The number of unbranched alkanes of at least 4 members (excludes halogenated alkanes) is 1. The first kappa shape index (κ1) is 13.4. The molecule has 0 unspecified atom stereocenters. The molecule has 2 nitrogen and oxygen atoms in total. The number of hydrogen-bond acceptors (Lipinski definition) is 2. The third-order valence-electron chi connectivity index (χ3n) is 4.56. The molecule has 0 amide bonds. The van der Waals surface area contributed by atoms with Crippen molar-refractivity contribution in [1.29, 1.82) is 0 Å². The third-order valence-corrected chi connectivity index (χ3v) is 4.56. The molecule has 2 saturated carbocycles. The van der Waals surface area contributed by atoms with Crippen molar-refractivity contribution >= 4 is 0 Å². The molecular weight excluding hydrogens is 208 g/mol. The lowest BCUT2D eigenvalue weighted by atomic mass is 9.87. The Morgan fingerprint density at radius 1 is 1.00 bits per heavy atom. The molecule has 2 rings (SSSR count). The topological polar surface area (TPSA) is 15.3 Å². The fourth-order valence-corrected chi connectivity index (χ4v) is 2.95. The zero-order chi connectivity index (χ0) is 12.1. The van der Waals surface area contributed by atoms with E-state index >= 15 is 0 Å². The second-order valence-electron chi connectivity index (χ2n) is 6.33. The van der Waals surface area contributed by atoms with Crippen molar-refractivity contribution in [3.05, 3.63) is 0 Å². The van der Waals surface area contributed by atoms with Crippen LogP contribution in [0.5, 0.6) is 0 Å². The zero-order valence-electron chi connectivity index (χ0n) is 11.8. The van der Waals surface area contributed by atoms with Gasteiger partial charge in [-0.3, -0.25) is 0 Å². The molecule has 0 radical (unpaired) electrons. The fraction of sp³-hybridized carbons (Fsp3) is 1.00. The van der Waals surface area contributed by atoms with Crippen LogP contribution in [0, 0.1) is 5.92 Å². The summed E-state index contributed by atoms with van der Waals surface area (Å²) in [6.45, 7) is 4.94. The van der Waals surface area contributed by atoms with Crippen molar-refractivity contribution in [3.63, 3.8) is 0 Å². The molecule has 100 valence electrons. The van der Waals surface area contributed by atoms with Gasteiger partial charge in [0.25, 0.3) is 0 Å². The number of nitrogens with zero attached hydrogens (tertiary/aromatic N) is 1. The second-order valence-corrected chi connectivity index (χ2v) is 6.33. The summed E-state index contributed by atoms with van der Waals surface area (Å²) < 4.78 is 0. The Hall–Kier alpha value is -0.0800. The maximum atomic E-state index is 3.60. The van der Waals surface area contributed by atoms with Crippen LogP contribution in [0.4, 0.5) is 0 Å². The molecule has 0 bridgehead atoms. The van der Waals surface area contributed by atoms with E-state index in [1.807, 2.05) is 0 Å². The second kappa shape index (κ2) is 6.75. The van der Waals surface area contributed by atoms with Gasteiger partial charge in [-0.1, -0.05) is 6.92 Å². The predicted octanol–water partition coefficient (Wildman–Crippen LogP) is 3.03. The van der Waals surface area contributed by atoms with E-state index in [-0.39, 0.29) is 0 Å². The van der Waals surface area contributed by atoms with Crippen molar-refractivity contribution in [3.8, 4) is 0 Å². The van der Waals surface area contributed by atoms with E-state index < -0.39 is 0 Å². The zero-order valence-corrected chi connectivity index (χ0v) is 11.8. The van der Waals surface area contributed by atoms with Gasteiger partial charge in [0, 0.05) is 12.1 Å². The average Bonchev–Trinajstić information content (AvgIpc) is 3.13. The van der Waals surface area contributed by atoms with Gasteiger partial charge in [0.05, 0.1) is 0 Å². The van der Waals surface area contributed by atoms with Gasteiger partial charge in [-0.2, -0.15) is 0 Å². The summed E-state index contributed by atoms with van der Waals surface area (Å²) in [6.07, 6.45) is 11.3. The van der Waals surface area contributed by atoms with Crippen molar-refractivity contribution < 1.29 is 0 Å². The highest BCUT2D eigenvalue weighted by Crippen LogP contribution is 2.26. The molecule has 0 aliphatic heterocycles. The minimum atomic E-state index is 0.877. The van der Waals surface area contributed by atoms with Crippen LogP contribution in [0.2, 0.25) is 0 Å². The quantitative estimate of drug-likeness (QED) is 0.686. The lowest BCUT2D eigenvalue weighted by molar-refractivity contribution is 0.168. The summed E-state index contributed by atoms with van der Waals surface area (Å²) in [5.74, 6) is 0.974. The molecule has 2 heteroatoms. The van der Waals surface area contributed by atoms with Crippen LogP contribution in [-0.2, 0) is 0 Å². The highest BCUT2D eigenvalue weighted by atomic mass is 15.1. The molecule has 17 heavy (non-hydrogen) atoms. The SMILES string of the molecule is CC1CCC(N(C)CCCCNC2CC2)CC1. The molecule has 0 aromatic heterocycles. The number of hydrogen-bond donors (Lipinski definition) is 1. The van der Waals surface area contributed by atoms with Gasteiger partial charge in [-0.05, 0) is 77.4 Å². The Balaban J connectivity index is 1.49. The van der Waals surface area contributed by atoms with Crippen LogP contribution >= 0.6 is 0 Å². The molecule has 0 aromatic rings. The molecule has 2 aliphatic carbocycles. The van der Waals surface area contributed by atoms with E-state index in [1.54, 1.807) is 0 Å². The van der Waals surface area contributed by atoms with Gasteiger partial charge in [-0.15, -0.1) is 0 Å². The summed E-state index contributed by atoms with van der Waals surface area (Å²) in [4.78, 5) is 2.61. The van der Waals surface area contributed by atoms with Gasteiger partial charge in [-0.25, -0.2) is 0 Å². The van der Waals surface area contributed by atoms with E-state index in [0.29, 0.717) is 0 Å². The highest BCUT2D eigenvalue weighted by Gasteiger charge is 2.21. The van der Waals surface area contributed by atoms with E-state index in [0.717, 1.165) is 18.0 Å². The average molecular weight is 238 g/mol. The van der Waals surface area contributed by atoms with Gasteiger partial charge >= 0.3 is 0 Å². The normalized spacial score (nSPS) is 29.8. The minimum absolute atomic E-state index is 0.877. The molecule has 2 aliphatic rings. The molecular formula is C15H30N2. The highest BCUT2D eigenvalue weighted by molar-refractivity contribution is 4.80. The maximum absolute atomic E-state index is 3.60. The monoisotopic (exact) mass is 238 g/mol. The van der Waals surface area contributed by atoms with E-state index in [4.69, 9.17) is 0 Å². The molecule has 0 spiro atoms. The van der Waals surface area contributed by atoms with E-state index in [2.05, 4.69) is 24.2 Å². The summed E-state index contributed by atoms with van der Waals surface area (Å²) in [6, 6.07) is 1.76.